The Bertz CT molecular complexity index is 795. The second kappa shape index (κ2) is 8.56. The van der Waals surface area contributed by atoms with Gasteiger partial charge < -0.3 is 10.6 Å². The van der Waals surface area contributed by atoms with Crippen molar-refractivity contribution in [1.29, 1.82) is 0 Å². The first-order valence-corrected chi connectivity index (χ1v) is 10.6. The molecule has 10 heteroatoms. The van der Waals surface area contributed by atoms with Crippen LogP contribution in [0.2, 0.25) is 0 Å². The molecule has 132 valence electrons. The number of hydrogen-bond acceptors (Lipinski definition) is 6. The molecule has 2 aromatic rings. The number of nitrogens with one attached hydrogen (secondary N) is 2. The summed E-state index contributed by atoms with van der Waals surface area (Å²) in [6.45, 7) is 5.90. The Morgan fingerprint density at radius 3 is 2.71 bits per heavy atom. The largest absolute Gasteiger partial charge is 0.357 e. The summed E-state index contributed by atoms with van der Waals surface area (Å²) < 4.78 is 22.7. The lowest BCUT2D eigenvalue weighted by atomic mass is 10.4. The second-order valence-corrected chi connectivity index (χ2v) is 9.28. The summed E-state index contributed by atoms with van der Waals surface area (Å²) in [5.41, 5.74) is 0. The number of aliphatic imine (C=N–C) groups is 1. The highest BCUT2D eigenvalue weighted by Crippen LogP contribution is 2.20. The zero-order valence-electron chi connectivity index (χ0n) is 13.6. The molecule has 0 amide bonds. The fraction of sp³-hybridized carbons (Fsp3) is 0.429. The number of rotatable bonds is 7. The quantitative estimate of drug-likeness (QED) is 0.492. The van der Waals surface area contributed by atoms with Gasteiger partial charge in [-0.3, -0.25) is 0 Å². The van der Waals surface area contributed by atoms with Gasteiger partial charge in [-0.1, -0.05) is 0 Å². The Hall–Kier alpha value is -1.49. The summed E-state index contributed by atoms with van der Waals surface area (Å²) in [4.78, 5) is 10.8. The van der Waals surface area contributed by atoms with E-state index in [0.717, 1.165) is 40.7 Å². The van der Waals surface area contributed by atoms with Crippen LogP contribution < -0.4 is 15.8 Å². The van der Waals surface area contributed by atoms with Crippen LogP contribution in [0.4, 0.5) is 0 Å². The van der Waals surface area contributed by atoms with E-state index in [4.69, 9.17) is 5.14 Å². The molecule has 0 spiro atoms. The van der Waals surface area contributed by atoms with Crippen molar-refractivity contribution in [3.8, 4) is 0 Å². The number of thiazole rings is 1. The van der Waals surface area contributed by atoms with E-state index in [-0.39, 0.29) is 4.21 Å². The summed E-state index contributed by atoms with van der Waals surface area (Å²) in [6, 6.07) is 3.24. The van der Waals surface area contributed by atoms with Gasteiger partial charge in [0.1, 0.15) is 4.21 Å². The molecular weight excluding hydrogens is 366 g/mol. The highest BCUT2D eigenvalue weighted by atomic mass is 32.2. The Morgan fingerprint density at radius 1 is 1.33 bits per heavy atom. The molecule has 0 unspecified atom stereocenters. The second-order valence-electron chi connectivity index (χ2n) is 5.00. The van der Waals surface area contributed by atoms with Crippen LogP contribution in [0.15, 0.2) is 27.5 Å². The maximum absolute atomic E-state index is 11.3. The Morgan fingerprint density at radius 2 is 2.12 bits per heavy atom. The lowest BCUT2D eigenvalue weighted by Gasteiger charge is -2.10. The van der Waals surface area contributed by atoms with E-state index in [1.807, 2.05) is 20.0 Å². The third-order valence-corrected chi connectivity index (χ3v) is 6.44. The number of hydrogen-bond donors (Lipinski definition) is 3. The molecule has 0 aliphatic heterocycles. The van der Waals surface area contributed by atoms with Gasteiger partial charge in [0.05, 0.1) is 11.6 Å². The third kappa shape index (κ3) is 5.86. The summed E-state index contributed by atoms with van der Waals surface area (Å²) in [6.07, 6.45) is 2.71. The van der Waals surface area contributed by atoms with E-state index in [2.05, 4.69) is 20.6 Å². The molecule has 2 aromatic heterocycles. The molecule has 2 heterocycles. The van der Waals surface area contributed by atoms with Crippen molar-refractivity contribution < 1.29 is 8.42 Å². The van der Waals surface area contributed by atoms with Gasteiger partial charge in [0, 0.05) is 35.5 Å². The number of nitrogens with two attached hydrogens (primary N) is 1. The van der Waals surface area contributed by atoms with Gasteiger partial charge in [0.25, 0.3) is 0 Å². The van der Waals surface area contributed by atoms with Crippen molar-refractivity contribution in [3.05, 3.63) is 33.1 Å². The van der Waals surface area contributed by atoms with E-state index >= 15 is 0 Å². The van der Waals surface area contributed by atoms with Gasteiger partial charge >= 0.3 is 0 Å². The fourth-order valence-electron chi connectivity index (χ4n) is 1.90. The number of sulfonamides is 1. The maximum Gasteiger partial charge on any atom is 0.247 e. The summed E-state index contributed by atoms with van der Waals surface area (Å²) in [5.74, 6) is 0.691. The van der Waals surface area contributed by atoms with Gasteiger partial charge in [-0.15, -0.1) is 22.7 Å². The van der Waals surface area contributed by atoms with Crippen LogP contribution >= 0.6 is 22.7 Å². The Kier molecular flexibility index (Phi) is 6.72. The molecule has 0 aliphatic carbocycles. The number of primary sulfonamides is 1. The average Bonchev–Trinajstić information content (AvgIpc) is 3.13. The lowest BCUT2D eigenvalue weighted by Crippen LogP contribution is -2.38. The molecule has 0 saturated heterocycles. The molecular formula is C14H21N5O2S3. The van der Waals surface area contributed by atoms with Crippen LogP contribution in [-0.4, -0.2) is 32.5 Å². The number of aromatic nitrogens is 1. The van der Waals surface area contributed by atoms with Gasteiger partial charge in [-0.2, -0.15) is 0 Å². The lowest BCUT2D eigenvalue weighted by molar-refractivity contribution is 0.600. The Balaban J connectivity index is 1.91. The molecule has 7 nitrogen and oxygen atoms in total. The van der Waals surface area contributed by atoms with Crippen molar-refractivity contribution in [3.63, 3.8) is 0 Å². The molecule has 4 N–H and O–H groups in total. The van der Waals surface area contributed by atoms with Crippen LogP contribution in [-0.2, 0) is 23.0 Å². The van der Waals surface area contributed by atoms with Crippen LogP contribution in [0.5, 0.6) is 0 Å². The van der Waals surface area contributed by atoms with Crippen molar-refractivity contribution in [2.45, 2.75) is 31.0 Å². The van der Waals surface area contributed by atoms with E-state index in [9.17, 15) is 8.42 Å². The molecule has 0 bridgehead atoms. The number of guanidine groups is 1. The van der Waals surface area contributed by atoms with Crippen molar-refractivity contribution >= 4 is 38.7 Å². The summed E-state index contributed by atoms with van der Waals surface area (Å²) >= 11 is 2.83. The van der Waals surface area contributed by atoms with Gasteiger partial charge in [-0.05, 0) is 26.0 Å². The topological polar surface area (TPSA) is 109 Å². The van der Waals surface area contributed by atoms with Gasteiger partial charge in [0.2, 0.25) is 10.0 Å². The minimum Gasteiger partial charge on any atom is -0.357 e. The normalized spacial score (nSPS) is 12.4. The molecule has 24 heavy (non-hydrogen) atoms. The smallest absolute Gasteiger partial charge is 0.247 e. The first-order chi connectivity index (χ1) is 11.4. The fourth-order valence-corrected chi connectivity index (χ4v) is 4.39. The molecule has 0 atom stereocenters. The monoisotopic (exact) mass is 387 g/mol. The van der Waals surface area contributed by atoms with E-state index in [1.165, 1.54) is 10.9 Å². The summed E-state index contributed by atoms with van der Waals surface area (Å²) in [7, 11) is -3.64. The average molecular weight is 388 g/mol. The minimum absolute atomic E-state index is 0.157. The van der Waals surface area contributed by atoms with Crippen LogP contribution in [0.3, 0.4) is 0 Å². The highest BCUT2D eigenvalue weighted by molar-refractivity contribution is 7.91. The SMILES string of the molecule is CCNC(=NCc1ccc(S(N)(=O)=O)s1)NCCc1ncc(C)s1. The minimum atomic E-state index is -3.64. The molecule has 0 aliphatic rings. The van der Waals surface area contributed by atoms with E-state index < -0.39 is 10.0 Å². The first-order valence-electron chi connectivity index (χ1n) is 7.43. The van der Waals surface area contributed by atoms with Crippen molar-refractivity contribution in [2.24, 2.45) is 10.1 Å². The zero-order valence-corrected chi connectivity index (χ0v) is 16.0. The zero-order chi connectivity index (χ0) is 17.6. The molecule has 0 aromatic carbocycles. The van der Waals surface area contributed by atoms with Crippen LogP contribution in [0, 0.1) is 6.92 Å². The number of nitrogens with zero attached hydrogens (tertiary/aromatic N) is 2. The van der Waals surface area contributed by atoms with Crippen molar-refractivity contribution in [1.82, 2.24) is 15.6 Å². The number of aryl methyl sites for hydroxylation is 1. The predicted octanol–water partition coefficient (Wildman–Crippen LogP) is 1.46. The highest BCUT2D eigenvalue weighted by Gasteiger charge is 2.11. The van der Waals surface area contributed by atoms with Crippen LogP contribution in [0.1, 0.15) is 21.7 Å². The first kappa shape index (κ1) is 18.8. The summed E-state index contributed by atoms with van der Waals surface area (Å²) in [5, 5.41) is 12.6. The molecule has 0 radical (unpaired) electrons. The standard InChI is InChI=1S/C14H21N5O2S3/c1-3-16-14(17-7-6-12-18-8-10(2)22-12)19-9-11-4-5-13(23-11)24(15,20)21/h4-5,8H,3,6-7,9H2,1-2H3,(H2,15,20,21)(H2,16,17,19). The third-order valence-electron chi connectivity index (χ3n) is 2.96. The van der Waals surface area contributed by atoms with Gasteiger partial charge in [-0.25, -0.2) is 23.5 Å². The van der Waals surface area contributed by atoms with E-state index in [0.29, 0.717) is 12.5 Å². The Labute approximate surface area is 150 Å². The molecule has 0 fully saturated rings. The maximum atomic E-state index is 11.3. The van der Waals surface area contributed by atoms with Crippen molar-refractivity contribution in [2.75, 3.05) is 13.1 Å². The van der Waals surface area contributed by atoms with E-state index in [1.54, 1.807) is 17.4 Å². The number of thiophene rings is 1. The molecule has 2 rings (SSSR count). The predicted molar refractivity (Wildman–Crippen MR) is 99.1 cm³/mol. The molecule has 0 saturated carbocycles. The van der Waals surface area contributed by atoms with Gasteiger partial charge in [0.15, 0.2) is 5.96 Å². The van der Waals surface area contributed by atoms with Crippen LogP contribution in [0.25, 0.3) is 0 Å².